The van der Waals surface area contributed by atoms with Crippen LogP contribution >= 0.6 is 22.9 Å². The van der Waals surface area contributed by atoms with Crippen LogP contribution in [0, 0.1) is 4.91 Å². The smallest absolute Gasteiger partial charge is 0.434 e. The molecule has 0 aliphatic heterocycles. The molecule has 12 heteroatoms. The third kappa shape index (κ3) is 4.27. The number of benzene rings is 2. The molecular formula is C26H18ClF3N5O2S+. The van der Waals surface area contributed by atoms with Crippen molar-refractivity contribution in [2.45, 2.75) is 25.4 Å². The number of alkyl halides is 3. The summed E-state index contributed by atoms with van der Waals surface area (Å²) < 4.78 is 50.7. The molecule has 3 aromatic heterocycles. The zero-order valence-electron chi connectivity index (χ0n) is 19.5. The highest BCUT2D eigenvalue weighted by atomic mass is 35.5. The quantitative estimate of drug-likeness (QED) is 0.139. The average Bonchev–Trinajstić information content (AvgIpc) is 3.63. The maximum atomic E-state index is 14.7. The topological polar surface area (TPSA) is 85.5 Å². The minimum absolute atomic E-state index is 0.0260. The number of aryl methyl sites for hydroxylation is 2. The van der Waals surface area contributed by atoms with E-state index in [0.717, 1.165) is 31.0 Å². The Morgan fingerprint density at radius 3 is 2.63 bits per heavy atom. The van der Waals surface area contributed by atoms with Gasteiger partial charge in [0.15, 0.2) is 16.2 Å². The van der Waals surface area contributed by atoms with Crippen molar-refractivity contribution in [3.05, 3.63) is 86.9 Å². The highest BCUT2D eigenvalue weighted by Gasteiger charge is 2.40. The number of thiophene rings is 1. The van der Waals surface area contributed by atoms with E-state index in [1.165, 1.54) is 35.1 Å². The molecule has 0 spiro atoms. The predicted octanol–water partition coefficient (Wildman–Crippen LogP) is 7.36. The van der Waals surface area contributed by atoms with Gasteiger partial charge in [0.2, 0.25) is 0 Å². The van der Waals surface area contributed by atoms with Gasteiger partial charge in [-0.3, -0.25) is 0 Å². The molecule has 0 bridgehead atoms. The molecule has 2 N–H and O–H groups in total. The zero-order chi connectivity index (χ0) is 26.6. The number of fused-ring (bicyclic) bond motifs is 2. The largest absolute Gasteiger partial charge is 0.457 e. The van der Waals surface area contributed by atoms with Gasteiger partial charge in [0.05, 0.1) is 27.7 Å². The van der Waals surface area contributed by atoms with Crippen LogP contribution in [-0.2, 0) is 19.0 Å². The van der Waals surface area contributed by atoms with Crippen LogP contribution in [0.5, 0.6) is 11.5 Å². The van der Waals surface area contributed by atoms with Gasteiger partial charge in [-0.1, -0.05) is 23.7 Å². The van der Waals surface area contributed by atoms with Gasteiger partial charge in [-0.25, -0.2) is 9.50 Å². The van der Waals surface area contributed by atoms with Crippen LogP contribution in [0.3, 0.4) is 0 Å². The van der Waals surface area contributed by atoms with E-state index in [1.54, 1.807) is 23.6 Å². The third-order valence-electron chi connectivity index (χ3n) is 6.37. The summed E-state index contributed by atoms with van der Waals surface area (Å²) in [6, 6.07) is 13.1. The van der Waals surface area contributed by atoms with Crippen molar-refractivity contribution in [1.82, 2.24) is 14.6 Å². The number of hydrazine groups is 1. The average molecular weight is 557 g/mol. The highest BCUT2D eigenvalue weighted by Crippen LogP contribution is 2.45. The predicted molar refractivity (Wildman–Crippen MR) is 138 cm³/mol. The summed E-state index contributed by atoms with van der Waals surface area (Å²) in [4.78, 5) is 17.2. The van der Waals surface area contributed by atoms with Crippen LogP contribution in [0.4, 0.5) is 18.9 Å². The molecule has 6 rings (SSSR count). The minimum atomic E-state index is -4.85. The minimum Gasteiger partial charge on any atom is -0.457 e. The number of ether oxygens (including phenoxy) is 1. The molecule has 1 aliphatic carbocycles. The van der Waals surface area contributed by atoms with Crippen LogP contribution in [0.15, 0.2) is 60.1 Å². The van der Waals surface area contributed by atoms with Gasteiger partial charge in [-0.05, 0) is 65.6 Å². The molecule has 192 valence electrons. The number of nitrogens with two attached hydrogens (primary N) is 1. The standard InChI is InChI=1S/C26H18ClF3N5O2S/c27-20-13-32-34-24(26(28,29)30)22(23(33-25(20)34)21-5-2-8-38-21)16-9-17(35(31)36)12-19(11-16)37-18-7-6-14-3-1-4-15(14)10-18/h2,5-13H,1,3-4H2,(H2,31,36)/q+1. The SMILES string of the molecule is N[N+](=O)c1cc(Oc2ccc3c(c2)CCC3)cc(-c2c(-c3cccs3)nc3c(Cl)cnn3c2C(F)(F)F)c1. The van der Waals surface area contributed by atoms with Crippen molar-refractivity contribution in [3.8, 4) is 33.2 Å². The zero-order valence-corrected chi connectivity index (χ0v) is 21.1. The summed E-state index contributed by atoms with van der Waals surface area (Å²) in [6.07, 6.45) is -0.776. The highest BCUT2D eigenvalue weighted by molar-refractivity contribution is 7.13. The lowest BCUT2D eigenvalue weighted by molar-refractivity contribution is -0.474. The number of aromatic nitrogens is 3. The number of hydrogen-bond donors (Lipinski definition) is 1. The van der Waals surface area contributed by atoms with Gasteiger partial charge in [0, 0.05) is 11.6 Å². The van der Waals surface area contributed by atoms with Crippen LogP contribution in [0.2, 0.25) is 5.02 Å². The van der Waals surface area contributed by atoms with Crippen molar-refractivity contribution < 1.29 is 22.8 Å². The van der Waals surface area contributed by atoms with E-state index in [-0.39, 0.29) is 43.8 Å². The van der Waals surface area contributed by atoms with E-state index >= 15 is 0 Å². The van der Waals surface area contributed by atoms with E-state index in [2.05, 4.69) is 10.1 Å². The Bertz CT molecular complexity index is 1720. The number of nitroso groups, excluding NO2 is 1. The second-order valence-electron chi connectivity index (χ2n) is 8.81. The van der Waals surface area contributed by atoms with Crippen molar-refractivity contribution in [1.29, 1.82) is 0 Å². The number of hydrogen-bond acceptors (Lipinski definition) is 5. The molecule has 0 fully saturated rings. The van der Waals surface area contributed by atoms with Crippen molar-refractivity contribution in [2.75, 3.05) is 0 Å². The van der Waals surface area contributed by atoms with E-state index in [1.807, 2.05) is 12.1 Å². The Hall–Kier alpha value is -3.96. The molecule has 5 aromatic rings. The lowest BCUT2D eigenvalue weighted by Crippen LogP contribution is -2.17. The molecule has 0 atom stereocenters. The normalized spacial score (nSPS) is 13.2. The van der Waals surface area contributed by atoms with Gasteiger partial charge in [-0.15, -0.1) is 11.3 Å². The van der Waals surface area contributed by atoms with E-state index in [0.29, 0.717) is 15.1 Å². The molecule has 0 unspecified atom stereocenters. The molecule has 0 saturated carbocycles. The van der Waals surface area contributed by atoms with E-state index in [4.69, 9.17) is 22.2 Å². The Balaban J connectivity index is 1.61. The lowest BCUT2D eigenvalue weighted by Gasteiger charge is -2.18. The first-order valence-corrected chi connectivity index (χ1v) is 12.8. The first kappa shape index (κ1) is 24.4. The van der Waals surface area contributed by atoms with Crippen molar-refractivity contribution >= 4 is 34.3 Å². The first-order chi connectivity index (χ1) is 18.2. The van der Waals surface area contributed by atoms with E-state index < -0.39 is 11.9 Å². The molecule has 0 saturated heterocycles. The summed E-state index contributed by atoms with van der Waals surface area (Å²) in [5.41, 5.74) is 0.866. The van der Waals surface area contributed by atoms with Gasteiger partial charge in [-0.2, -0.15) is 24.1 Å². The number of halogens is 4. The summed E-state index contributed by atoms with van der Waals surface area (Å²) >= 11 is 7.37. The van der Waals surface area contributed by atoms with Crippen LogP contribution in [0.25, 0.3) is 27.3 Å². The van der Waals surface area contributed by atoms with Crippen molar-refractivity contribution in [2.24, 2.45) is 5.84 Å². The fourth-order valence-electron chi connectivity index (χ4n) is 4.75. The summed E-state index contributed by atoms with van der Waals surface area (Å²) in [5, 5.41) is 5.56. The molecular weight excluding hydrogens is 539 g/mol. The maximum absolute atomic E-state index is 14.7. The van der Waals surface area contributed by atoms with Gasteiger partial charge in [0.1, 0.15) is 16.5 Å². The monoisotopic (exact) mass is 556 g/mol. The Morgan fingerprint density at radius 1 is 1.08 bits per heavy atom. The molecule has 2 aromatic carbocycles. The molecule has 0 radical (unpaired) electrons. The Labute approximate surface area is 222 Å². The lowest BCUT2D eigenvalue weighted by atomic mass is 9.99. The van der Waals surface area contributed by atoms with Gasteiger partial charge in [0.25, 0.3) is 5.69 Å². The fourth-order valence-corrected chi connectivity index (χ4v) is 5.64. The molecule has 7 nitrogen and oxygen atoms in total. The van der Waals surface area contributed by atoms with Crippen LogP contribution < -0.4 is 10.6 Å². The number of nitrogens with zero attached hydrogens (tertiary/aromatic N) is 4. The van der Waals surface area contributed by atoms with Crippen molar-refractivity contribution in [3.63, 3.8) is 0 Å². The van der Waals surface area contributed by atoms with Gasteiger partial charge < -0.3 is 4.74 Å². The second-order valence-corrected chi connectivity index (χ2v) is 10.2. The van der Waals surface area contributed by atoms with Crippen LogP contribution in [-0.4, -0.2) is 19.5 Å². The molecule has 38 heavy (non-hydrogen) atoms. The number of rotatable bonds is 5. The summed E-state index contributed by atoms with van der Waals surface area (Å²) in [7, 11) is 0. The Morgan fingerprint density at radius 2 is 1.89 bits per heavy atom. The molecule has 1 aliphatic rings. The second kappa shape index (κ2) is 9.10. The maximum Gasteiger partial charge on any atom is 0.434 e. The molecule has 0 amide bonds. The summed E-state index contributed by atoms with van der Waals surface area (Å²) in [6.45, 7) is 0. The first-order valence-electron chi connectivity index (χ1n) is 11.5. The fraction of sp³-hybridized carbons (Fsp3) is 0.154. The van der Waals surface area contributed by atoms with Crippen LogP contribution in [0.1, 0.15) is 23.2 Å². The van der Waals surface area contributed by atoms with Gasteiger partial charge >= 0.3 is 6.18 Å². The molecule has 3 heterocycles. The summed E-state index contributed by atoms with van der Waals surface area (Å²) in [5.74, 6) is 6.15. The Kier molecular flexibility index (Phi) is 5.84. The third-order valence-corrected chi connectivity index (χ3v) is 7.51. The van der Waals surface area contributed by atoms with E-state index in [9.17, 15) is 18.1 Å².